The van der Waals surface area contributed by atoms with Gasteiger partial charge in [0.15, 0.2) is 0 Å². The van der Waals surface area contributed by atoms with E-state index < -0.39 is 0 Å². The van der Waals surface area contributed by atoms with Crippen LogP contribution in [0.1, 0.15) is 16.7 Å². The van der Waals surface area contributed by atoms with Gasteiger partial charge in [-0.3, -0.25) is 0 Å². The van der Waals surface area contributed by atoms with Crippen LogP contribution in [-0.4, -0.2) is 4.57 Å². The molecule has 9 rings (SSSR count). The average molecular weight is 681 g/mol. The zero-order valence-electron chi connectivity index (χ0n) is 30.3. The topological polar surface area (TPSA) is 8.17 Å². The number of hydrogen-bond acceptors (Lipinski definition) is 1. The van der Waals surface area contributed by atoms with Crippen LogP contribution in [0.5, 0.6) is 0 Å². The first-order valence-electron chi connectivity index (χ1n) is 18.3. The molecule has 0 bridgehead atoms. The van der Waals surface area contributed by atoms with E-state index in [-0.39, 0.29) is 0 Å². The molecule has 0 saturated carbocycles. The van der Waals surface area contributed by atoms with E-state index in [1.807, 2.05) is 0 Å². The number of rotatable bonds is 7. The van der Waals surface area contributed by atoms with Gasteiger partial charge in [-0.05, 0) is 127 Å². The Morgan fingerprint density at radius 2 is 0.660 bits per heavy atom. The highest BCUT2D eigenvalue weighted by molar-refractivity contribution is 6.09. The van der Waals surface area contributed by atoms with Gasteiger partial charge in [-0.2, -0.15) is 0 Å². The van der Waals surface area contributed by atoms with Crippen molar-refractivity contribution in [3.05, 3.63) is 205 Å². The highest BCUT2D eigenvalue weighted by atomic mass is 15.1. The summed E-state index contributed by atoms with van der Waals surface area (Å²) in [6.45, 7) is 6.47. The van der Waals surface area contributed by atoms with Gasteiger partial charge in [0.05, 0.1) is 11.0 Å². The number of aryl methyl sites for hydroxylation is 3. The monoisotopic (exact) mass is 680 g/mol. The lowest BCUT2D eigenvalue weighted by molar-refractivity contribution is 1.18. The van der Waals surface area contributed by atoms with Crippen molar-refractivity contribution in [2.75, 3.05) is 4.90 Å². The largest absolute Gasteiger partial charge is 0.311 e. The molecule has 0 aliphatic heterocycles. The Kier molecular flexibility index (Phi) is 8.21. The van der Waals surface area contributed by atoms with Gasteiger partial charge in [0.1, 0.15) is 0 Å². The molecule has 0 amide bonds. The van der Waals surface area contributed by atoms with Gasteiger partial charge in [-0.1, -0.05) is 132 Å². The predicted octanol–water partition coefficient (Wildman–Crippen LogP) is 14.2. The summed E-state index contributed by atoms with van der Waals surface area (Å²) < 4.78 is 2.39. The molecule has 0 aliphatic carbocycles. The average Bonchev–Trinajstić information content (AvgIpc) is 3.52. The summed E-state index contributed by atoms with van der Waals surface area (Å²) in [6, 6.07) is 68.5. The van der Waals surface area contributed by atoms with Crippen LogP contribution >= 0.6 is 0 Å². The minimum atomic E-state index is 1.12. The van der Waals surface area contributed by atoms with E-state index in [1.165, 1.54) is 77.6 Å². The maximum absolute atomic E-state index is 2.39. The molecule has 0 aliphatic rings. The zero-order chi connectivity index (χ0) is 35.9. The van der Waals surface area contributed by atoms with Gasteiger partial charge in [-0.25, -0.2) is 0 Å². The minimum absolute atomic E-state index is 1.12. The van der Waals surface area contributed by atoms with Crippen molar-refractivity contribution in [2.45, 2.75) is 20.8 Å². The molecule has 0 atom stereocenters. The van der Waals surface area contributed by atoms with Crippen LogP contribution in [0.4, 0.5) is 17.1 Å². The third-order valence-corrected chi connectivity index (χ3v) is 10.4. The first kappa shape index (κ1) is 32.3. The molecule has 53 heavy (non-hydrogen) atoms. The molecule has 0 unspecified atom stereocenters. The van der Waals surface area contributed by atoms with Crippen molar-refractivity contribution in [3.63, 3.8) is 0 Å². The normalized spacial score (nSPS) is 11.3. The van der Waals surface area contributed by atoms with Crippen LogP contribution < -0.4 is 4.90 Å². The van der Waals surface area contributed by atoms with Gasteiger partial charge in [0, 0.05) is 33.5 Å². The Bertz CT molecular complexity index is 2620. The molecule has 9 aromatic rings. The lowest BCUT2D eigenvalue weighted by Crippen LogP contribution is -2.09. The zero-order valence-corrected chi connectivity index (χ0v) is 30.3. The van der Waals surface area contributed by atoms with Crippen LogP contribution in [0.15, 0.2) is 188 Å². The number of hydrogen-bond donors (Lipinski definition) is 0. The first-order valence-corrected chi connectivity index (χ1v) is 18.3. The molecule has 0 radical (unpaired) electrons. The Balaban J connectivity index is 1.01. The number of anilines is 3. The number of aromatic nitrogens is 1. The molecule has 0 saturated heterocycles. The molecule has 2 heteroatoms. The summed E-state index contributed by atoms with van der Waals surface area (Å²) in [5.74, 6) is 0. The maximum atomic E-state index is 2.39. The SMILES string of the molecule is Cc1ccc(N(c2ccc(-c3ccc(-c4ccccc4)cc3)cc2)c2ccc(-c3ccc(-n4c5ccc(C)cc5c5cc(C)ccc54)cc3)cc2)cc1. The Morgan fingerprint density at radius 1 is 0.321 bits per heavy atom. The fourth-order valence-corrected chi connectivity index (χ4v) is 7.56. The number of benzene rings is 8. The van der Waals surface area contributed by atoms with Crippen molar-refractivity contribution >= 4 is 38.9 Å². The molecular weight excluding hydrogens is 641 g/mol. The highest BCUT2D eigenvalue weighted by Crippen LogP contribution is 2.38. The summed E-state index contributed by atoms with van der Waals surface area (Å²) in [5, 5.41) is 2.60. The van der Waals surface area contributed by atoms with Gasteiger partial charge < -0.3 is 9.47 Å². The summed E-state index contributed by atoms with van der Waals surface area (Å²) in [7, 11) is 0. The summed E-state index contributed by atoms with van der Waals surface area (Å²) in [4.78, 5) is 2.33. The van der Waals surface area contributed by atoms with E-state index in [4.69, 9.17) is 0 Å². The summed E-state index contributed by atoms with van der Waals surface area (Å²) in [6.07, 6.45) is 0. The summed E-state index contributed by atoms with van der Waals surface area (Å²) in [5.41, 5.74) is 18.0. The summed E-state index contributed by atoms with van der Waals surface area (Å²) >= 11 is 0. The fraction of sp³-hybridized carbons (Fsp3) is 0.0588. The molecule has 0 fully saturated rings. The third kappa shape index (κ3) is 6.19. The van der Waals surface area contributed by atoms with E-state index >= 15 is 0 Å². The van der Waals surface area contributed by atoms with Gasteiger partial charge in [-0.15, -0.1) is 0 Å². The van der Waals surface area contributed by atoms with Crippen molar-refractivity contribution in [1.29, 1.82) is 0 Å². The molecule has 2 nitrogen and oxygen atoms in total. The number of fused-ring (bicyclic) bond motifs is 3. The van der Waals surface area contributed by atoms with Crippen LogP contribution in [0.25, 0.3) is 60.9 Å². The van der Waals surface area contributed by atoms with E-state index in [0.717, 1.165) is 17.1 Å². The second-order valence-corrected chi connectivity index (χ2v) is 14.1. The van der Waals surface area contributed by atoms with E-state index in [9.17, 15) is 0 Å². The van der Waals surface area contributed by atoms with Crippen molar-refractivity contribution in [1.82, 2.24) is 4.57 Å². The van der Waals surface area contributed by atoms with Crippen LogP contribution in [0.2, 0.25) is 0 Å². The molecule has 254 valence electrons. The van der Waals surface area contributed by atoms with Crippen LogP contribution in [0, 0.1) is 20.8 Å². The van der Waals surface area contributed by atoms with Crippen molar-refractivity contribution < 1.29 is 0 Å². The maximum Gasteiger partial charge on any atom is 0.0541 e. The van der Waals surface area contributed by atoms with Crippen molar-refractivity contribution in [3.8, 4) is 39.1 Å². The molecule has 1 heterocycles. The van der Waals surface area contributed by atoms with Gasteiger partial charge >= 0.3 is 0 Å². The van der Waals surface area contributed by atoms with Gasteiger partial charge in [0.25, 0.3) is 0 Å². The first-order chi connectivity index (χ1) is 26.0. The third-order valence-electron chi connectivity index (χ3n) is 10.4. The minimum Gasteiger partial charge on any atom is -0.311 e. The second kappa shape index (κ2) is 13.5. The van der Waals surface area contributed by atoms with E-state index in [1.54, 1.807) is 0 Å². The van der Waals surface area contributed by atoms with E-state index in [2.05, 4.69) is 218 Å². The molecular formula is C51H40N2. The Morgan fingerprint density at radius 3 is 1.09 bits per heavy atom. The molecule has 0 spiro atoms. The number of nitrogens with zero attached hydrogens (tertiary/aromatic N) is 2. The second-order valence-electron chi connectivity index (χ2n) is 14.1. The fourth-order valence-electron chi connectivity index (χ4n) is 7.56. The smallest absolute Gasteiger partial charge is 0.0541 e. The standard InChI is InChI=1S/C51H40N2/c1-35-9-23-44(24-10-35)52(45-25-17-41(18-26-45)40-15-13-39(14-16-40)38-7-5-4-6-8-38)46-27-19-42(20-28-46)43-21-29-47(30-22-43)53-50-31-11-36(2)33-48(50)49-34-37(3)12-32-51(49)53/h4-34H,1-3H3. The van der Waals surface area contributed by atoms with E-state index in [0.29, 0.717) is 0 Å². The van der Waals surface area contributed by atoms with Crippen LogP contribution in [-0.2, 0) is 0 Å². The van der Waals surface area contributed by atoms with Gasteiger partial charge in [0.2, 0.25) is 0 Å². The molecule has 8 aromatic carbocycles. The van der Waals surface area contributed by atoms with Crippen LogP contribution in [0.3, 0.4) is 0 Å². The molecule has 1 aromatic heterocycles. The highest BCUT2D eigenvalue weighted by Gasteiger charge is 2.15. The quantitative estimate of drug-likeness (QED) is 0.163. The lowest BCUT2D eigenvalue weighted by Gasteiger charge is -2.26. The van der Waals surface area contributed by atoms with Crippen molar-refractivity contribution in [2.24, 2.45) is 0 Å². The Hall–Kier alpha value is -6.64. The lowest BCUT2D eigenvalue weighted by atomic mass is 10.00. The Labute approximate surface area is 311 Å². The predicted molar refractivity (Wildman–Crippen MR) is 226 cm³/mol. The molecule has 0 N–H and O–H groups in total.